The minimum absolute atomic E-state index is 0.0987. The van der Waals surface area contributed by atoms with Gasteiger partial charge in [-0.15, -0.1) is 0 Å². The number of amides is 1. The van der Waals surface area contributed by atoms with E-state index in [1.807, 2.05) is 48.5 Å². The summed E-state index contributed by atoms with van der Waals surface area (Å²) in [6.07, 6.45) is 0. The number of nitrogens with one attached hydrogen (secondary N) is 1. The van der Waals surface area contributed by atoms with Crippen LogP contribution in [0.3, 0.4) is 0 Å². The molecule has 0 saturated heterocycles. The van der Waals surface area contributed by atoms with Gasteiger partial charge in [0.2, 0.25) is 0 Å². The maximum atomic E-state index is 12.6. The minimum atomic E-state index is -0.0987. The lowest BCUT2D eigenvalue weighted by Gasteiger charge is -2.16. The van der Waals surface area contributed by atoms with Crippen molar-refractivity contribution in [2.24, 2.45) is 0 Å². The van der Waals surface area contributed by atoms with E-state index in [0.29, 0.717) is 18.2 Å². The molecule has 0 aliphatic heterocycles. The fourth-order valence-corrected chi connectivity index (χ4v) is 2.61. The largest absolute Gasteiger partial charge is 0.334 e. The van der Waals surface area contributed by atoms with Gasteiger partial charge in [0.05, 0.1) is 17.9 Å². The van der Waals surface area contributed by atoms with Crippen LogP contribution in [-0.4, -0.2) is 33.0 Å². The van der Waals surface area contributed by atoms with Crippen molar-refractivity contribution in [1.82, 2.24) is 20.1 Å². The normalized spacial score (nSPS) is 10.9. The molecule has 0 saturated carbocycles. The first kappa shape index (κ1) is 16.9. The molecule has 1 amide bonds. The van der Waals surface area contributed by atoms with E-state index in [2.05, 4.69) is 29.0 Å². The number of rotatable bonds is 5. The van der Waals surface area contributed by atoms with Gasteiger partial charge in [0.15, 0.2) is 0 Å². The SMILES string of the molecule is CC(C)c1cccc(C(=O)N(C)Cc2cc(-c3ccccc3)n[nH]2)n1. The summed E-state index contributed by atoms with van der Waals surface area (Å²) in [6.45, 7) is 4.58. The molecule has 1 N–H and O–H groups in total. The summed E-state index contributed by atoms with van der Waals surface area (Å²) in [5.41, 5.74) is 4.19. The van der Waals surface area contributed by atoms with Gasteiger partial charge in [0, 0.05) is 18.3 Å². The monoisotopic (exact) mass is 334 g/mol. The van der Waals surface area contributed by atoms with Gasteiger partial charge in [0.1, 0.15) is 5.69 Å². The smallest absolute Gasteiger partial charge is 0.272 e. The first-order valence-corrected chi connectivity index (χ1v) is 8.36. The average molecular weight is 334 g/mol. The summed E-state index contributed by atoms with van der Waals surface area (Å²) in [5.74, 6) is 0.192. The van der Waals surface area contributed by atoms with Crippen LogP contribution in [0.1, 0.15) is 41.6 Å². The minimum Gasteiger partial charge on any atom is -0.334 e. The molecule has 3 rings (SSSR count). The van der Waals surface area contributed by atoms with Crippen molar-refractivity contribution >= 4 is 5.91 Å². The van der Waals surface area contributed by atoms with Crippen LogP contribution in [0.15, 0.2) is 54.6 Å². The maximum Gasteiger partial charge on any atom is 0.272 e. The molecule has 0 aliphatic rings. The van der Waals surface area contributed by atoms with E-state index in [0.717, 1.165) is 22.6 Å². The van der Waals surface area contributed by atoms with E-state index in [-0.39, 0.29) is 5.91 Å². The summed E-state index contributed by atoms with van der Waals surface area (Å²) >= 11 is 0. The summed E-state index contributed by atoms with van der Waals surface area (Å²) in [6, 6.07) is 17.5. The maximum absolute atomic E-state index is 12.6. The standard InChI is InChI=1S/C20H22N4O/c1-14(2)17-10-7-11-18(21-17)20(25)24(3)13-16-12-19(23-22-16)15-8-5-4-6-9-15/h4-12,14H,13H2,1-3H3,(H,22,23). The van der Waals surface area contributed by atoms with Crippen LogP contribution in [0.5, 0.6) is 0 Å². The van der Waals surface area contributed by atoms with Crippen LogP contribution < -0.4 is 0 Å². The van der Waals surface area contributed by atoms with Crippen LogP contribution in [0, 0.1) is 0 Å². The molecule has 0 spiro atoms. The molecule has 5 nitrogen and oxygen atoms in total. The van der Waals surface area contributed by atoms with Gasteiger partial charge in [-0.3, -0.25) is 9.89 Å². The summed E-state index contributed by atoms with van der Waals surface area (Å²) in [5, 5.41) is 7.34. The Bertz CT molecular complexity index is 855. The number of aromatic amines is 1. The fourth-order valence-electron chi connectivity index (χ4n) is 2.61. The van der Waals surface area contributed by atoms with Crippen molar-refractivity contribution in [2.75, 3.05) is 7.05 Å². The van der Waals surface area contributed by atoms with E-state index in [1.165, 1.54) is 0 Å². The lowest BCUT2D eigenvalue weighted by Crippen LogP contribution is -2.27. The number of carbonyl (C=O) groups is 1. The number of benzene rings is 1. The van der Waals surface area contributed by atoms with E-state index in [1.54, 1.807) is 18.0 Å². The van der Waals surface area contributed by atoms with E-state index in [9.17, 15) is 4.79 Å². The molecule has 0 fully saturated rings. The van der Waals surface area contributed by atoms with Gasteiger partial charge in [-0.05, 0) is 24.1 Å². The van der Waals surface area contributed by atoms with E-state index >= 15 is 0 Å². The molecule has 0 aliphatic carbocycles. The molecule has 25 heavy (non-hydrogen) atoms. The van der Waals surface area contributed by atoms with Crippen LogP contribution >= 0.6 is 0 Å². The lowest BCUT2D eigenvalue weighted by atomic mass is 10.1. The Morgan fingerprint density at radius 3 is 2.60 bits per heavy atom. The highest BCUT2D eigenvalue weighted by molar-refractivity contribution is 5.92. The number of aromatic nitrogens is 3. The quantitative estimate of drug-likeness (QED) is 0.770. The molecule has 2 aromatic heterocycles. The first-order chi connectivity index (χ1) is 12.0. The third-order valence-electron chi connectivity index (χ3n) is 4.04. The number of H-pyrrole nitrogens is 1. The van der Waals surface area contributed by atoms with Gasteiger partial charge in [-0.1, -0.05) is 50.2 Å². The number of carbonyl (C=O) groups excluding carboxylic acids is 1. The van der Waals surface area contributed by atoms with Gasteiger partial charge >= 0.3 is 0 Å². The van der Waals surface area contributed by atoms with Gasteiger partial charge < -0.3 is 4.90 Å². The van der Waals surface area contributed by atoms with E-state index in [4.69, 9.17) is 0 Å². The zero-order valence-corrected chi connectivity index (χ0v) is 14.7. The molecule has 5 heteroatoms. The Balaban J connectivity index is 1.72. The molecular weight excluding hydrogens is 312 g/mol. The predicted molar refractivity (Wildman–Crippen MR) is 98.1 cm³/mol. The molecule has 0 radical (unpaired) electrons. The summed E-state index contributed by atoms with van der Waals surface area (Å²) < 4.78 is 0. The second-order valence-corrected chi connectivity index (χ2v) is 6.41. The van der Waals surface area contributed by atoms with Gasteiger partial charge in [-0.25, -0.2) is 4.98 Å². The zero-order chi connectivity index (χ0) is 17.8. The second kappa shape index (κ2) is 7.30. The Labute approximate surface area is 147 Å². The Morgan fingerprint density at radius 2 is 1.88 bits per heavy atom. The summed E-state index contributed by atoms with van der Waals surface area (Å²) in [4.78, 5) is 18.7. The van der Waals surface area contributed by atoms with Crippen LogP contribution in [0.4, 0.5) is 0 Å². The molecule has 1 aromatic carbocycles. The molecule has 128 valence electrons. The molecule has 0 atom stereocenters. The van der Waals surface area contributed by atoms with Crippen LogP contribution in [-0.2, 0) is 6.54 Å². The second-order valence-electron chi connectivity index (χ2n) is 6.41. The van der Waals surface area contributed by atoms with Crippen molar-refractivity contribution in [3.8, 4) is 11.3 Å². The average Bonchev–Trinajstić information content (AvgIpc) is 3.10. The molecule has 0 unspecified atom stereocenters. The number of pyridine rings is 1. The molecule has 3 aromatic rings. The van der Waals surface area contributed by atoms with Gasteiger partial charge in [0.25, 0.3) is 5.91 Å². The highest BCUT2D eigenvalue weighted by Crippen LogP contribution is 2.18. The van der Waals surface area contributed by atoms with Crippen molar-refractivity contribution < 1.29 is 4.79 Å². The Kier molecular flexibility index (Phi) is 4.93. The number of nitrogens with zero attached hydrogens (tertiary/aromatic N) is 3. The predicted octanol–water partition coefficient (Wildman–Crippen LogP) is 3.87. The first-order valence-electron chi connectivity index (χ1n) is 8.36. The molecule has 2 heterocycles. The van der Waals surface area contributed by atoms with E-state index < -0.39 is 0 Å². The van der Waals surface area contributed by atoms with Crippen molar-refractivity contribution in [3.05, 3.63) is 71.7 Å². The molecular formula is C20H22N4O. The topological polar surface area (TPSA) is 61.9 Å². The molecule has 0 bridgehead atoms. The fraction of sp³-hybridized carbons (Fsp3) is 0.250. The van der Waals surface area contributed by atoms with Crippen molar-refractivity contribution in [1.29, 1.82) is 0 Å². The summed E-state index contributed by atoms with van der Waals surface area (Å²) in [7, 11) is 1.77. The highest BCUT2D eigenvalue weighted by Gasteiger charge is 2.16. The lowest BCUT2D eigenvalue weighted by molar-refractivity contribution is 0.0777. The van der Waals surface area contributed by atoms with Crippen LogP contribution in [0.25, 0.3) is 11.3 Å². The van der Waals surface area contributed by atoms with Crippen molar-refractivity contribution in [2.45, 2.75) is 26.3 Å². The third kappa shape index (κ3) is 3.94. The zero-order valence-electron chi connectivity index (χ0n) is 14.7. The van der Waals surface area contributed by atoms with Crippen molar-refractivity contribution in [3.63, 3.8) is 0 Å². The Morgan fingerprint density at radius 1 is 1.12 bits per heavy atom. The number of hydrogen-bond acceptors (Lipinski definition) is 3. The number of hydrogen-bond donors (Lipinski definition) is 1. The van der Waals surface area contributed by atoms with Gasteiger partial charge in [-0.2, -0.15) is 5.10 Å². The van der Waals surface area contributed by atoms with Crippen LogP contribution in [0.2, 0.25) is 0 Å². The highest BCUT2D eigenvalue weighted by atomic mass is 16.2. The Hall–Kier alpha value is -2.95. The third-order valence-corrected chi connectivity index (χ3v) is 4.04.